The Bertz CT molecular complexity index is 780. The summed E-state index contributed by atoms with van der Waals surface area (Å²) in [5, 5.41) is 9.68. The molecule has 7 heteroatoms. The van der Waals surface area contributed by atoms with Gasteiger partial charge in [-0.1, -0.05) is 19.1 Å². The fourth-order valence-corrected chi connectivity index (χ4v) is 2.45. The molecule has 7 nitrogen and oxygen atoms in total. The Morgan fingerprint density at radius 1 is 1.36 bits per heavy atom. The first-order valence-corrected chi connectivity index (χ1v) is 8.09. The molecule has 0 unspecified atom stereocenters. The van der Waals surface area contributed by atoms with Gasteiger partial charge in [0.25, 0.3) is 5.91 Å². The number of Topliss-reactive ketones (excluding diaryl/α,β-unsaturated/α-hetero) is 1. The van der Waals surface area contributed by atoms with Crippen LogP contribution in [-0.2, 0) is 11.3 Å². The number of rotatable bonds is 7. The van der Waals surface area contributed by atoms with E-state index in [9.17, 15) is 9.59 Å². The maximum Gasteiger partial charge on any atom is 0.271 e. The molecule has 0 saturated carbocycles. The van der Waals surface area contributed by atoms with Crippen molar-refractivity contribution in [1.29, 1.82) is 0 Å². The number of hydrogen-bond donors (Lipinski definition) is 2. The number of nitrogens with one attached hydrogen (secondary N) is 2. The summed E-state index contributed by atoms with van der Waals surface area (Å²) in [5.74, 6) is 0.344. The molecule has 0 bridgehead atoms. The summed E-state index contributed by atoms with van der Waals surface area (Å²) in [5.41, 5.74) is 1.60. The fraction of sp³-hybridized carbons (Fsp3) is 0.389. The zero-order valence-electron chi connectivity index (χ0n) is 14.3. The van der Waals surface area contributed by atoms with E-state index in [0.29, 0.717) is 42.5 Å². The van der Waals surface area contributed by atoms with Crippen LogP contribution >= 0.6 is 0 Å². The summed E-state index contributed by atoms with van der Waals surface area (Å²) >= 11 is 0. The third-order valence-electron chi connectivity index (χ3n) is 4.08. The van der Waals surface area contributed by atoms with Crippen molar-refractivity contribution in [1.82, 2.24) is 15.5 Å². The zero-order valence-corrected chi connectivity index (χ0v) is 14.3. The van der Waals surface area contributed by atoms with Gasteiger partial charge in [-0.3, -0.25) is 14.7 Å². The molecular formula is C18H21N3O4. The first kappa shape index (κ1) is 17.2. The molecule has 25 heavy (non-hydrogen) atoms. The zero-order chi connectivity index (χ0) is 17.9. The molecule has 0 spiro atoms. The maximum atomic E-state index is 12.1. The highest BCUT2D eigenvalue weighted by molar-refractivity contribution is 5.94. The van der Waals surface area contributed by atoms with Gasteiger partial charge in [0.1, 0.15) is 18.1 Å². The summed E-state index contributed by atoms with van der Waals surface area (Å²) in [6, 6.07) is 8.62. The van der Waals surface area contributed by atoms with Crippen molar-refractivity contribution in [2.45, 2.75) is 20.5 Å². The van der Waals surface area contributed by atoms with Crippen molar-refractivity contribution in [2.24, 2.45) is 5.41 Å². The molecule has 0 aliphatic carbocycles. The summed E-state index contributed by atoms with van der Waals surface area (Å²) < 4.78 is 10.8. The van der Waals surface area contributed by atoms with Crippen LogP contribution in [0, 0.1) is 5.41 Å². The van der Waals surface area contributed by atoms with Gasteiger partial charge in [0.2, 0.25) is 0 Å². The van der Waals surface area contributed by atoms with Crippen LogP contribution in [0.15, 0.2) is 30.3 Å². The first-order chi connectivity index (χ1) is 12.0. The van der Waals surface area contributed by atoms with E-state index in [0.717, 1.165) is 0 Å². The Hall–Kier alpha value is -2.67. The molecule has 1 aliphatic rings. The number of carbonyl (C=O) groups excluding carboxylic acids is 2. The number of aromatic nitrogens is 2. The minimum absolute atomic E-state index is 0.0135. The summed E-state index contributed by atoms with van der Waals surface area (Å²) in [6.45, 7) is 5.68. The van der Waals surface area contributed by atoms with Crippen LogP contribution in [0.4, 0.5) is 0 Å². The Morgan fingerprint density at radius 3 is 2.84 bits per heavy atom. The molecular weight excluding hydrogens is 322 g/mol. The number of H-pyrrole nitrogens is 1. The molecule has 2 aromatic rings. The lowest BCUT2D eigenvalue weighted by Gasteiger charge is -2.37. The Labute approximate surface area is 145 Å². The van der Waals surface area contributed by atoms with Gasteiger partial charge in [0.15, 0.2) is 5.78 Å². The second-order valence-electron chi connectivity index (χ2n) is 6.64. The quantitative estimate of drug-likeness (QED) is 0.750. The number of amides is 1. The standard InChI is InChI=1S/C18H21N3O4/c1-12(22)13-4-3-5-15(6-13)25-8-14-7-16(21-20-14)17(23)19-9-18(2)10-24-11-18/h3-7H,8-11H2,1-2H3,(H,19,23)(H,20,21). The summed E-state index contributed by atoms with van der Waals surface area (Å²) in [4.78, 5) is 23.5. The van der Waals surface area contributed by atoms with E-state index in [1.165, 1.54) is 6.92 Å². The van der Waals surface area contributed by atoms with Gasteiger partial charge in [0, 0.05) is 17.5 Å². The SMILES string of the molecule is CC(=O)c1cccc(OCc2cc(C(=O)NCC3(C)COC3)n[nH]2)c1. The van der Waals surface area contributed by atoms with E-state index in [1.807, 2.05) is 0 Å². The molecule has 132 valence electrons. The summed E-state index contributed by atoms with van der Waals surface area (Å²) in [6.07, 6.45) is 0. The molecule has 0 atom stereocenters. The summed E-state index contributed by atoms with van der Waals surface area (Å²) in [7, 11) is 0. The van der Waals surface area contributed by atoms with E-state index < -0.39 is 0 Å². The number of carbonyl (C=O) groups is 2. The second-order valence-corrected chi connectivity index (χ2v) is 6.64. The third-order valence-corrected chi connectivity index (χ3v) is 4.08. The lowest BCUT2D eigenvalue weighted by atomic mass is 9.89. The predicted molar refractivity (Wildman–Crippen MR) is 90.6 cm³/mol. The van der Waals surface area contributed by atoms with Crippen LogP contribution in [0.25, 0.3) is 0 Å². The maximum absolute atomic E-state index is 12.1. The first-order valence-electron chi connectivity index (χ1n) is 8.09. The number of ketones is 1. The van der Waals surface area contributed by atoms with Gasteiger partial charge in [-0.15, -0.1) is 0 Å². The molecule has 1 amide bonds. The highest BCUT2D eigenvalue weighted by Crippen LogP contribution is 2.25. The molecule has 2 heterocycles. The molecule has 3 rings (SSSR count). The van der Waals surface area contributed by atoms with Gasteiger partial charge < -0.3 is 14.8 Å². The van der Waals surface area contributed by atoms with Crippen LogP contribution < -0.4 is 10.1 Å². The van der Waals surface area contributed by atoms with Crippen molar-refractivity contribution >= 4 is 11.7 Å². The van der Waals surface area contributed by atoms with E-state index in [1.54, 1.807) is 30.3 Å². The topological polar surface area (TPSA) is 93.3 Å². The lowest BCUT2D eigenvalue weighted by Crippen LogP contribution is -2.48. The molecule has 1 saturated heterocycles. The van der Waals surface area contributed by atoms with Crippen LogP contribution in [0.2, 0.25) is 0 Å². The van der Waals surface area contributed by atoms with Crippen molar-refractivity contribution in [3.63, 3.8) is 0 Å². The molecule has 0 radical (unpaired) electrons. The number of hydrogen-bond acceptors (Lipinski definition) is 5. The normalized spacial score (nSPS) is 15.3. The van der Waals surface area contributed by atoms with E-state index in [4.69, 9.17) is 9.47 Å². The largest absolute Gasteiger partial charge is 0.487 e. The third kappa shape index (κ3) is 4.24. The van der Waals surface area contributed by atoms with Gasteiger partial charge >= 0.3 is 0 Å². The van der Waals surface area contributed by atoms with Gasteiger partial charge in [-0.2, -0.15) is 5.10 Å². The van der Waals surface area contributed by atoms with Crippen molar-refractivity contribution in [2.75, 3.05) is 19.8 Å². The molecule has 1 aromatic heterocycles. The molecule has 1 aromatic carbocycles. The average Bonchev–Trinajstić information content (AvgIpc) is 3.05. The predicted octanol–water partition coefficient (Wildman–Crippen LogP) is 1.96. The van der Waals surface area contributed by atoms with Crippen LogP contribution in [0.3, 0.4) is 0 Å². The molecule has 1 fully saturated rings. The van der Waals surface area contributed by atoms with E-state index >= 15 is 0 Å². The van der Waals surface area contributed by atoms with Gasteiger partial charge in [-0.25, -0.2) is 0 Å². The Morgan fingerprint density at radius 2 is 2.16 bits per heavy atom. The van der Waals surface area contributed by atoms with E-state index in [2.05, 4.69) is 22.4 Å². The van der Waals surface area contributed by atoms with Gasteiger partial charge in [0.05, 0.1) is 18.9 Å². The monoisotopic (exact) mass is 343 g/mol. The minimum Gasteiger partial charge on any atom is -0.487 e. The van der Waals surface area contributed by atoms with Crippen LogP contribution in [0.5, 0.6) is 5.75 Å². The van der Waals surface area contributed by atoms with Crippen molar-refractivity contribution in [3.05, 3.63) is 47.3 Å². The van der Waals surface area contributed by atoms with Crippen LogP contribution in [0.1, 0.15) is 40.4 Å². The van der Waals surface area contributed by atoms with Crippen molar-refractivity contribution < 1.29 is 19.1 Å². The highest BCUT2D eigenvalue weighted by atomic mass is 16.5. The molecule has 1 aliphatic heterocycles. The highest BCUT2D eigenvalue weighted by Gasteiger charge is 2.33. The van der Waals surface area contributed by atoms with Gasteiger partial charge in [-0.05, 0) is 25.1 Å². The minimum atomic E-state index is -0.228. The van der Waals surface area contributed by atoms with Crippen LogP contribution in [-0.4, -0.2) is 41.6 Å². The average molecular weight is 343 g/mol. The Kier molecular flexibility index (Phi) is 4.85. The Balaban J connectivity index is 1.53. The van der Waals surface area contributed by atoms with Crippen molar-refractivity contribution in [3.8, 4) is 5.75 Å². The number of ether oxygens (including phenoxy) is 2. The fourth-order valence-electron chi connectivity index (χ4n) is 2.45. The number of nitrogens with zero attached hydrogens (tertiary/aromatic N) is 1. The molecule has 2 N–H and O–H groups in total. The number of aromatic amines is 1. The second kappa shape index (κ2) is 7.06. The lowest BCUT2D eigenvalue weighted by molar-refractivity contribution is -0.0978. The number of benzene rings is 1. The van der Waals surface area contributed by atoms with E-state index in [-0.39, 0.29) is 23.7 Å². The smallest absolute Gasteiger partial charge is 0.271 e.